The summed E-state index contributed by atoms with van der Waals surface area (Å²) in [6, 6.07) is 23.4. The normalized spacial score (nSPS) is 11.0. The second kappa shape index (κ2) is 7.45. The summed E-state index contributed by atoms with van der Waals surface area (Å²) in [5, 5.41) is 0. The van der Waals surface area contributed by atoms with Crippen LogP contribution in [0.15, 0.2) is 78.9 Å². The highest BCUT2D eigenvalue weighted by atomic mass is 31.2. The molecule has 128 valence electrons. The number of benzene rings is 3. The number of para-hydroxylation sites is 3. The summed E-state index contributed by atoms with van der Waals surface area (Å²) in [6.07, 6.45) is 0. The van der Waals surface area contributed by atoms with Crippen LogP contribution in [0, 0.1) is 13.8 Å². The molecule has 0 aliphatic carbocycles. The lowest BCUT2D eigenvalue weighted by Gasteiger charge is -2.21. The van der Waals surface area contributed by atoms with Crippen molar-refractivity contribution in [1.29, 1.82) is 0 Å². The Balaban J connectivity index is 1.95. The first-order valence-corrected chi connectivity index (χ1v) is 9.37. The maximum atomic E-state index is 13.4. The van der Waals surface area contributed by atoms with Crippen molar-refractivity contribution in [2.24, 2.45) is 0 Å². The molecule has 0 unspecified atom stereocenters. The smallest absolute Gasteiger partial charge is 0.386 e. The third-order valence-electron chi connectivity index (χ3n) is 3.53. The summed E-state index contributed by atoms with van der Waals surface area (Å²) in [6.45, 7) is 3.77. The van der Waals surface area contributed by atoms with Crippen molar-refractivity contribution in [2.75, 3.05) is 0 Å². The molecule has 3 aromatic rings. The first-order chi connectivity index (χ1) is 12.1. The topological polar surface area (TPSA) is 44.8 Å². The Kier molecular flexibility index (Phi) is 5.11. The van der Waals surface area contributed by atoms with Crippen molar-refractivity contribution in [3.63, 3.8) is 0 Å². The Morgan fingerprint density at radius 2 is 1.04 bits per heavy atom. The van der Waals surface area contributed by atoms with Crippen molar-refractivity contribution in [2.45, 2.75) is 13.8 Å². The fourth-order valence-electron chi connectivity index (χ4n) is 2.33. The van der Waals surface area contributed by atoms with E-state index in [1.807, 2.05) is 44.2 Å². The summed E-state index contributed by atoms with van der Waals surface area (Å²) in [5.41, 5.74) is 1.71. The maximum absolute atomic E-state index is 13.4. The molecular formula is C20H19O4P. The molecule has 0 atom stereocenters. The Bertz CT molecular complexity index is 813. The summed E-state index contributed by atoms with van der Waals surface area (Å²) >= 11 is 0. The molecule has 25 heavy (non-hydrogen) atoms. The average Bonchev–Trinajstić information content (AvgIpc) is 2.60. The van der Waals surface area contributed by atoms with E-state index in [0.29, 0.717) is 17.2 Å². The molecule has 0 spiro atoms. The molecule has 0 saturated carbocycles. The minimum Gasteiger partial charge on any atom is -0.386 e. The van der Waals surface area contributed by atoms with E-state index in [9.17, 15) is 4.57 Å². The Hall–Kier alpha value is -2.71. The largest absolute Gasteiger partial charge is 0.647 e. The van der Waals surface area contributed by atoms with E-state index >= 15 is 0 Å². The molecule has 0 radical (unpaired) electrons. The number of rotatable bonds is 6. The summed E-state index contributed by atoms with van der Waals surface area (Å²) in [5.74, 6) is 1.32. The van der Waals surface area contributed by atoms with Crippen molar-refractivity contribution in [3.8, 4) is 17.2 Å². The molecule has 0 aliphatic rings. The van der Waals surface area contributed by atoms with Gasteiger partial charge in [-0.1, -0.05) is 54.6 Å². The van der Waals surface area contributed by atoms with Gasteiger partial charge in [-0.05, 0) is 49.2 Å². The molecular weight excluding hydrogens is 335 g/mol. The lowest BCUT2D eigenvalue weighted by Crippen LogP contribution is -2.08. The Morgan fingerprint density at radius 3 is 1.48 bits per heavy atom. The quantitative estimate of drug-likeness (QED) is 0.513. The molecule has 0 bridgehead atoms. The van der Waals surface area contributed by atoms with Crippen LogP contribution in [0.2, 0.25) is 0 Å². The van der Waals surface area contributed by atoms with Gasteiger partial charge in [0, 0.05) is 0 Å². The maximum Gasteiger partial charge on any atom is 0.647 e. The molecule has 0 aliphatic heterocycles. The predicted molar refractivity (Wildman–Crippen MR) is 98.3 cm³/mol. The van der Waals surface area contributed by atoms with E-state index in [1.165, 1.54) is 0 Å². The zero-order valence-electron chi connectivity index (χ0n) is 14.1. The second-order valence-electron chi connectivity index (χ2n) is 5.57. The fraction of sp³-hybridized carbons (Fsp3) is 0.100. The van der Waals surface area contributed by atoms with Gasteiger partial charge in [0.05, 0.1) is 0 Å². The number of hydrogen-bond acceptors (Lipinski definition) is 4. The summed E-state index contributed by atoms with van der Waals surface area (Å²) in [7, 11) is -3.94. The fourth-order valence-corrected chi connectivity index (χ4v) is 3.71. The lowest BCUT2D eigenvalue weighted by atomic mass is 10.1. The van der Waals surface area contributed by atoms with Gasteiger partial charge in [0.25, 0.3) is 0 Å². The van der Waals surface area contributed by atoms with E-state index < -0.39 is 7.82 Å². The van der Waals surface area contributed by atoms with Crippen LogP contribution in [0.5, 0.6) is 17.2 Å². The number of aryl methyl sites for hydroxylation is 2. The van der Waals surface area contributed by atoms with Crippen LogP contribution in [0.3, 0.4) is 0 Å². The van der Waals surface area contributed by atoms with Crippen LogP contribution in [0.1, 0.15) is 11.1 Å². The molecule has 0 heterocycles. The third-order valence-corrected chi connectivity index (χ3v) is 4.81. The van der Waals surface area contributed by atoms with E-state index in [-0.39, 0.29) is 0 Å². The van der Waals surface area contributed by atoms with Gasteiger partial charge < -0.3 is 13.6 Å². The van der Waals surface area contributed by atoms with Gasteiger partial charge in [0.1, 0.15) is 17.2 Å². The van der Waals surface area contributed by atoms with Crippen LogP contribution in [0.25, 0.3) is 0 Å². The van der Waals surface area contributed by atoms with Gasteiger partial charge in [-0.25, -0.2) is 0 Å². The molecule has 0 aromatic heterocycles. The molecule has 0 N–H and O–H groups in total. The minimum atomic E-state index is -3.94. The zero-order valence-corrected chi connectivity index (χ0v) is 15.0. The minimum absolute atomic E-state index is 0.410. The highest BCUT2D eigenvalue weighted by Gasteiger charge is 2.34. The predicted octanol–water partition coefficient (Wildman–Crippen LogP) is 5.95. The van der Waals surface area contributed by atoms with Gasteiger partial charge in [0.2, 0.25) is 0 Å². The van der Waals surface area contributed by atoms with E-state index in [1.54, 1.807) is 48.5 Å². The van der Waals surface area contributed by atoms with Crippen LogP contribution in [0.4, 0.5) is 0 Å². The van der Waals surface area contributed by atoms with E-state index in [4.69, 9.17) is 13.6 Å². The Labute approximate surface area is 147 Å². The number of phosphoric ester groups is 1. The Morgan fingerprint density at radius 1 is 0.600 bits per heavy atom. The van der Waals surface area contributed by atoms with Gasteiger partial charge in [0.15, 0.2) is 0 Å². The van der Waals surface area contributed by atoms with Crippen LogP contribution in [-0.2, 0) is 4.57 Å². The average molecular weight is 354 g/mol. The lowest BCUT2D eigenvalue weighted by molar-refractivity contribution is 0.297. The molecule has 4 nitrogen and oxygen atoms in total. The third kappa shape index (κ3) is 4.43. The van der Waals surface area contributed by atoms with Gasteiger partial charge in [-0.15, -0.1) is 0 Å². The van der Waals surface area contributed by atoms with Gasteiger partial charge in [-0.2, -0.15) is 4.57 Å². The molecule has 0 amide bonds. The standard InChI is InChI=1S/C20H19O4P/c1-16-10-9-11-17(2)20(16)24-25(21,22-18-12-5-3-6-13-18)23-19-14-7-4-8-15-19/h3-15H,1-2H3. The van der Waals surface area contributed by atoms with Crippen molar-refractivity contribution in [1.82, 2.24) is 0 Å². The van der Waals surface area contributed by atoms with Gasteiger partial charge >= 0.3 is 7.82 Å². The first kappa shape index (κ1) is 17.1. The molecule has 0 saturated heterocycles. The van der Waals surface area contributed by atoms with Crippen LogP contribution < -0.4 is 13.6 Å². The molecule has 3 aromatic carbocycles. The highest BCUT2D eigenvalue weighted by molar-refractivity contribution is 7.49. The molecule has 3 rings (SSSR count). The number of phosphoric acid groups is 1. The van der Waals surface area contributed by atoms with Crippen LogP contribution in [-0.4, -0.2) is 0 Å². The number of hydrogen-bond donors (Lipinski definition) is 0. The summed E-state index contributed by atoms with van der Waals surface area (Å²) < 4.78 is 30.4. The van der Waals surface area contributed by atoms with E-state index in [0.717, 1.165) is 11.1 Å². The van der Waals surface area contributed by atoms with E-state index in [2.05, 4.69) is 0 Å². The molecule has 5 heteroatoms. The van der Waals surface area contributed by atoms with Crippen molar-refractivity contribution >= 4 is 7.82 Å². The van der Waals surface area contributed by atoms with Crippen molar-refractivity contribution < 1.29 is 18.1 Å². The van der Waals surface area contributed by atoms with Crippen LogP contribution >= 0.6 is 7.82 Å². The molecule has 0 fully saturated rings. The summed E-state index contributed by atoms with van der Waals surface area (Å²) in [4.78, 5) is 0. The highest BCUT2D eigenvalue weighted by Crippen LogP contribution is 2.50. The van der Waals surface area contributed by atoms with Crippen molar-refractivity contribution in [3.05, 3.63) is 90.0 Å². The second-order valence-corrected chi connectivity index (χ2v) is 7.01. The zero-order chi connectivity index (χ0) is 17.7. The van der Waals surface area contributed by atoms with Gasteiger partial charge in [-0.3, -0.25) is 0 Å². The first-order valence-electron chi connectivity index (χ1n) is 7.91. The monoisotopic (exact) mass is 354 g/mol. The SMILES string of the molecule is Cc1cccc(C)c1OP(=O)(Oc1ccccc1)Oc1ccccc1.